The molecule has 11 nitrogen and oxygen atoms in total. The number of methoxy groups -OCH3 is 2. The molecule has 43 heavy (non-hydrogen) atoms. The maximum absolute atomic E-state index is 13.0. The van der Waals surface area contributed by atoms with Gasteiger partial charge in [0, 0.05) is 51.1 Å². The SMILES string of the molecule is CCC[C@H](OC)c1nc2c(C)cc(C(=O)NCC(=O)N3CCC(N(C=O)CCc4cc(OC)ccc4NC)CC3)cc2[nH]1. The number of H-pyrrole nitrogens is 1. The van der Waals surface area contributed by atoms with E-state index in [0.717, 1.165) is 58.7 Å². The van der Waals surface area contributed by atoms with E-state index in [4.69, 9.17) is 14.5 Å². The van der Waals surface area contributed by atoms with Gasteiger partial charge in [0.2, 0.25) is 12.3 Å². The van der Waals surface area contributed by atoms with Gasteiger partial charge in [0.15, 0.2) is 0 Å². The average Bonchev–Trinajstić information content (AvgIpc) is 3.47. The number of aromatic amines is 1. The molecule has 1 saturated heterocycles. The highest BCUT2D eigenvalue weighted by Crippen LogP contribution is 2.26. The number of carbonyl (C=O) groups is 3. The Labute approximate surface area is 253 Å². The van der Waals surface area contributed by atoms with Gasteiger partial charge in [-0.1, -0.05) is 13.3 Å². The van der Waals surface area contributed by atoms with Crippen LogP contribution in [0.1, 0.15) is 66.0 Å². The molecular formula is C32H44N6O5. The first kappa shape index (κ1) is 31.8. The number of amides is 3. The van der Waals surface area contributed by atoms with Crippen molar-refractivity contribution in [3.63, 3.8) is 0 Å². The van der Waals surface area contributed by atoms with E-state index in [9.17, 15) is 14.4 Å². The molecule has 0 unspecified atom stereocenters. The van der Waals surface area contributed by atoms with Crippen LogP contribution in [0.25, 0.3) is 11.0 Å². The van der Waals surface area contributed by atoms with Gasteiger partial charge in [-0.2, -0.15) is 0 Å². The lowest BCUT2D eigenvalue weighted by molar-refractivity contribution is -0.132. The van der Waals surface area contributed by atoms with Gasteiger partial charge in [-0.05, 0) is 74.1 Å². The van der Waals surface area contributed by atoms with Crippen LogP contribution in [0.2, 0.25) is 0 Å². The van der Waals surface area contributed by atoms with E-state index in [1.54, 1.807) is 31.3 Å². The predicted octanol–water partition coefficient (Wildman–Crippen LogP) is 3.83. The van der Waals surface area contributed by atoms with Gasteiger partial charge in [-0.15, -0.1) is 0 Å². The summed E-state index contributed by atoms with van der Waals surface area (Å²) in [5, 5.41) is 5.97. The summed E-state index contributed by atoms with van der Waals surface area (Å²) in [4.78, 5) is 49.5. The van der Waals surface area contributed by atoms with Crippen molar-refractivity contribution in [2.75, 3.05) is 52.8 Å². The van der Waals surface area contributed by atoms with E-state index in [1.807, 2.05) is 37.1 Å². The van der Waals surface area contributed by atoms with Gasteiger partial charge in [-0.3, -0.25) is 14.4 Å². The molecule has 2 aromatic carbocycles. The summed E-state index contributed by atoms with van der Waals surface area (Å²) in [6.07, 6.45) is 4.65. The highest BCUT2D eigenvalue weighted by atomic mass is 16.5. The fourth-order valence-corrected chi connectivity index (χ4v) is 5.76. The molecule has 1 aliphatic rings. The van der Waals surface area contributed by atoms with Gasteiger partial charge in [0.25, 0.3) is 5.91 Å². The van der Waals surface area contributed by atoms with Crippen LogP contribution in [0.15, 0.2) is 30.3 Å². The van der Waals surface area contributed by atoms with E-state index < -0.39 is 0 Å². The Hall–Kier alpha value is -4.12. The third kappa shape index (κ3) is 7.64. The van der Waals surface area contributed by atoms with Crippen molar-refractivity contribution in [1.82, 2.24) is 25.1 Å². The fourth-order valence-electron chi connectivity index (χ4n) is 5.76. The number of likely N-dealkylation sites (tertiary alicyclic amines) is 1. The number of fused-ring (bicyclic) bond motifs is 1. The number of benzene rings is 2. The van der Waals surface area contributed by atoms with Crippen LogP contribution in [0, 0.1) is 6.92 Å². The minimum absolute atomic E-state index is 0.0591. The van der Waals surface area contributed by atoms with Crippen LogP contribution in [0.4, 0.5) is 5.69 Å². The Bertz CT molecular complexity index is 1410. The Kier molecular flexibility index (Phi) is 11.0. The molecule has 0 saturated carbocycles. The minimum Gasteiger partial charge on any atom is -0.497 e. The molecule has 1 atom stereocenters. The molecule has 0 radical (unpaired) electrons. The van der Waals surface area contributed by atoms with E-state index >= 15 is 0 Å². The number of hydrogen-bond donors (Lipinski definition) is 3. The van der Waals surface area contributed by atoms with E-state index in [-0.39, 0.29) is 30.5 Å². The third-order valence-electron chi connectivity index (χ3n) is 8.24. The van der Waals surface area contributed by atoms with Crippen molar-refractivity contribution in [3.05, 3.63) is 52.8 Å². The number of imidazole rings is 1. The molecule has 1 aliphatic heterocycles. The van der Waals surface area contributed by atoms with Crippen LogP contribution in [-0.4, -0.2) is 91.5 Å². The largest absolute Gasteiger partial charge is 0.497 e. The number of aromatic nitrogens is 2. The number of anilines is 1. The monoisotopic (exact) mass is 592 g/mol. The van der Waals surface area contributed by atoms with Crippen molar-refractivity contribution >= 4 is 34.9 Å². The predicted molar refractivity (Wildman–Crippen MR) is 166 cm³/mol. The summed E-state index contributed by atoms with van der Waals surface area (Å²) in [5.41, 5.74) is 4.99. The molecule has 1 aromatic heterocycles. The number of aryl methyl sites for hydroxylation is 1. The maximum Gasteiger partial charge on any atom is 0.251 e. The molecule has 232 valence electrons. The van der Waals surface area contributed by atoms with E-state index in [2.05, 4.69) is 22.5 Å². The molecule has 3 amide bonds. The first-order valence-corrected chi connectivity index (χ1v) is 15.0. The molecule has 4 rings (SSSR count). The lowest BCUT2D eigenvalue weighted by Crippen LogP contribution is -2.49. The fraction of sp³-hybridized carbons (Fsp3) is 0.500. The zero-order valence-electron chi connectivity index (χ0n) is 25.9. The Morgan fingerprint density at radius 2 is 1.98 bits per heavy atom. The zero-order chi connectivity index (χ0) is 30.9. The highest BCUT2D eigenvalue weighted by Gasteiger charge is 2.27. The van der Waals surface area contributed by atoms with Crippen molar-refractivity contribution in [1.29, 1.82) is 0 Å². The molecule has 3 aromatic rings. The van der Waals surface area contributed by atoms with E-state index in [0.29, 0.717) is 44.5 Å². The maximum atomic E-state index is 13.0. The van der Waals surface area contributed by atoms with Crippen molar-refractivity contribution in [3.8, 4) is 5.75 Å². The van der Waals surface area contributed by atoms with Gasteiger partial charge in [-0.25, -0.2) is 4.98 Å². The lowest BCUT2D eigenvalue weighted by Gasteiger charge is -2.37. The highest BCUT2D eigenvalue weighted by molar-refractivity contribution is 5.99. The Morgan fingerprint density at radius 1 is 1.21 bits per heavy atom. The summed E-state index contributed by atoms with van der Waals surface area (Å²) in [5.74, 6) is 1.07. The first-order valence-electron chi connectivity index (χ1n) is 15.0. The molecule has 11 heteroatoms. The van der Waals surface area contributed by atoms with Gasteiger partial charge < -0.3 is 34.9 Å². The average molecular weight is 593 g/mol. The molecule has 0 spiro atoms. The zero-order valence-corrected chi connectivity index (χ0v) is 25.9. The van der Waals surface area contributed by atoms with Crippen LogP contribution >= 0.6 is 0 Å². The second kappa shape index (κ2) is 14.9. The number of nitrogens with zero attached hydrogens (tertiary/aromatic N) is 3. The van der Waals surface area contributed by atoms with Gasteiger partial charge >= 0.3 is 0 Å². The van der Waals surface area contributed by atoms with Gasteiger partial charge in [0.1, 0.15) is 17.7 Å². The third-order valence-corrected chi connectivity index (χ3v) is 8.24. The molecule has 1 fully saturated rings. The van der Waals surface area contributed by atoms with Crippen LogP contribution in [0.5, 0.6) is 5.75 Å². The van der Waals surface area contributed by atoms with Gasteiger partial charge in [0.05, 0.1) is 24.7 Å². The number of piperidine rings is 1. The molecule has 0 aliphatic carbocycles. The van der Waals surface area contributed by atoms with Crippen LogP contribution in [0.3, 0.4) is 0 Å². The van der Waals surface area contributed by atoms with Crippen molar-refractivity contribution < 1.29 is 23.9 Å². The number of rotatable bonds is 14. The molecule has 3 N–H and O–H groups in total. The Morgan fingerprint density at radius 3 is 2.63 bits per heavy atom. The number of ether oxygens (including phenoxy) is 2. The normalized spacial score (nSPS) is 14.4. The number of hydrogen-bond acceptors (Lipinski definition) is 7. The van der Waals surface area contributed by atoms with Crippen LogP contribution < -0.4 is 15.4 Å². The quantitative estimate of drug-likeness (QED) is 0.243. The number of nitrogens with one attached hydrogen (secondary N) is 3. The summed E-state index contributed by atoms with van der Waals surface area (Å²) >= 11 is 0. The van der Waals surface area contributed by atoms with E-state index in [1.165, 1.54) is 0 Å². The summed E-state index contributed by atoms with van der Waals surface area (Å²) in [6.45, 7) is 5.57. The topological polar surface area (TPSA) is 129 Å². The number of carbonyl (C=O) groups excluding carboxylic acids is 3. The smallest absolute Gasteiger partial charge is 0.251 e. The molecular weight excluding hydrogens is 548 g/mol. The molecule has 2 heterocycles. The van der Waals surface area contributed by atoms with Crippen LogP contribution in [-0.2, 0) is 20.7 Å². The summed E-state index contributed by atoms with van der Waals surface area (Å²) in [7, 11) is 5.18. The summed E-state index contributed by atoms with van der Waals surface area (Å²) in [6, 6.07) is 9.48. The van der Waals surface area contributed by atoms with Crippen molar-refractivity contribution in [2.45, 2.75) is 58.1 Å². The first-order chi connectivity index (χ1) is 20.8. The standard InChI is InChI=1S/C32H44N6O5/c1-6-7-28(43-5)31-35-27-18-23(16-21(2)30(27)36-31)32(41)34-19-29(40)37-14-11-24(12-15-37)38(20-39)13-10-22-17-25(42-4)8-9-26(22)33-3/h8-9,16-18,20,24,28,33H,6-7,10-15,19H2,1-5H3,(H,34,41)(H,35,36)/t28-/m0/s1. The second-order valence-corrected chi connectivity index (χ2v) is 11.0. The Balaban J connectivity index is 1.29. The molecule has 0 bridgehead atoms. The lowest BCUT2D eigenvalue weighted by atomic mass is 10.0. The second-order valence-electron chi connectivity index (χ2n) is 11.0. The minimum atomic E-state index is -0.313. The summed E-state index contributed by atoms with van der Waals surface area (Å²) < 4.78 is 10.9. The van der Waals surface area contributed by atoms with Crippen molar-refractivity contribution in [2.24, 2.45) is 0 Å².